The Hall–Kier alpha value is -1.43. The van der Waals surface area contributed by atoms with Gasteiger partial charge in [0.1, 0.15) is 0 Å². The Morgan fingerprint density at radius 3 is 2.59 bits per heavy atom. The molecule has 1 unspecified atom stereocenters. The van der Waals surface area contributed by atoms with E-state index in [0.717, 1.165) is 37.7 Å². The lowest BCUT2D eigenvalue weighted by Gasteiger charge is -2.36. The fourth-order valence-electron chi connectivity index (χ4n) is 2.92. The number of hydrogen-bond donors (Lipinski definition) is 3. The number of nitrogens with two attached hydrogens (primary N) is 1. The van der Waals surface area contributed by atoms with Crippen molar-refractivity contribution in [2.75, 3.05) is 13.2 Å². The summed E-state index contributed by atoms with van der Waals surface area (Å²) in [6, 6.07) is 9.83. The topological polar surface area (TPSA) is 84.6 Å². The lowest BCUT2D eigenvalue weighted by molar-refractivity contribution is -0.126. The van der Waals surface area contributed by atoms with Crippen molar-refractivity contribution in [3.8, 4) is 0 Å². The van der Waals surface area contributed by atoms with Gasteiger partial charge in [0.15, 0.2) is 0 Å². The SMILES string of the molecule is NC(=O)C1(NCC(O)COCc2ccccc2)CCCCC1. The van der Waals surface area contributed by atoms with Crippen molar-refractivity contribution in [1.29, 1.82) is 0 Å². The van der Waals surface area contributed by atoms with Crippen LogP contribution in [0.2, 0.25) is 0 Å². The monoisotopic (exact) mass is 306 g/mol. The molecule has 0 spiro atoms. The van der Waals surface area contributed by atoms with Crippen LogP contribution in [0.15, 0.2) is 30.3 Å². The maximum absolute atomic E-state index is 11.7. The number of benzene rings is 1. The molecule has 1 saturated carbocycles. The average Bonchev–Trinajstić information content (AvgIpc) is 2.55. The number of amides is 1. The van der Waals surface area contributed by atoms with Crippen molar-refractivity contribution in [3.05, 3.63) is 35.9 Å². The van der Waals surface area contributed by atoms with Gasteiger partial charge < -0.3 is 20.9 Å². The number of hydrogen-bond acceptors (Lipinski definition) is 4. The van der Waals surface area contributed by atoms with E-state index in [4.69, 9.17) is 10.5 Å². The highest BCUT2D eigenvalue weighted by Crippen LogP contribution is 2.27. The van der Waals surface area contributed by atoms with Crippen molar-refractivity contribution in [2.24, 2.45) is 5.73 Å². The fraction of sp³-hybridized carbons (Fsp3) is 0.588. The number of β-amino-alcohol motifs (C(OH)–C–C–N with tert-alkyl or cyclic N) is 1. The van der Waals surface area contributed by atoms with E-state index in [0.29, 0.717) is 13.2 Å². The Balaban J connectivity index is 1.72. The molecular formula is C17H26N2O3. The van der Waals surface area contributed by atoms with E-state index in [9.17, 15) is 9.90 Å². The van der Waals surface area contributed by atoms with Gasteiger partial charge in [0.05, 0.1) is 24.9 Å². The molecule has 4 N–H and O–H groups in total. The summed E-state index contributed by atoms with van der Waals surface area (Å²) in [6.45, 7) is 1.02. The van der Waals surface area contributed by atoms with E-state index in [1.807, 2.05) is 30.3 Å². The van der Waals surface area contributed by atoms with E-state index in [2.05, 4.69) is 5.32 Å². The van der Waals surface area contributed by atoms with Gasteiger partial charge in [0, 0.05) is 6.54 Å². The molecule has 1 aliphatic rings. The predicted octanol–water partition coefficient (Wildman–Crippen LogP) is 1.34. The van der Waals surface area contributed by atoms with Gasteiger partial charge in [0.25, 0.3) is 0 Å². The number of carbonyl (C=O) groups excluding carboxylic acids is 1. The summed E-state index contributed by atoms with van der Waals surface area (Å²) in [5.74, 6) is -0.315. The van der Waals surface area contributed by atoms with Gasteiger partial charge in [-0.1, -0.05) is 49.6 Å². The van der Waals surface area contributed by atoms with Gasteiger partial charge in [-0.15, -0.1) is 0 Å². The van der Waals surface area contributed by atoms with Crippen LogP contribution in [0.4, 0.5) is 0 Å². The Kier molecular flexibility index (Phi) is 6.36. The van der Waals surface area contributed by atoms with Gasteiger partial charge in [-0.25, -0.2) is 0 Å². The maximum atomic E-state index is 11.7. The Morgan fingerprint density at radius 2 is 1.95 bits per heavy atom. The predicted molar refractivity (Wildman–Crippen MR) is 85.1 cm³/mol. The van der Waals surface area contributed by atoms with Crippen molar-refractivity contribution in [1.82, 2.24) is 5.32 Å². The molecule has 1 fully saturated rings. The van der Waals surface area contributed by atoms with E-state index in [-0.39, 0.29) is 12.5 Å². The fourth-order valence-corrected chi connectivity index (χ4v) is 2.92. The highest BCUT2D eigenvalue weighted by Gasteiger charge is 2.37. The number of primary amides is 1. The first-order chi connectivity index (χ1) is 10.6. The molecule has 5 nitrogen and oxygen atoms in total. The van der Waals surface area contributed by atoms with Gasteiger partial charge in [-0.3, -0.25) is 4.79 Å². The standard InChI is InChI=1S/C17H26N2O3/c18-16(21)17(9-5-2-6-10-17)19-11-15(20)13-22-12-14-7-3-1-4-8-14/h1,3-4,7-8,15,19-20H,2,5-6,9-13H2,(H2,18,21). The first-order valence-corrected chi connectivity index (χ1v) is 7.97. The molecule has 0 radical (unpaired) electrons. The first kappa shape index (κ1) is 16.9. The number of rotatable bonds is 8. The zero-order valence-electron chi connectivity index (χ0n) is 13.0. The van der Waals surface area contributed by atoms with Gasteiger partial charge in [-0.2, -0.15) is 0 Å². The molecule has 22 heavy (non-hydrogen) atoms. The van der Waals surface area contributed by atoms with Crippen LogP contribution in [0, 0.1) is 0 Å². The normalized spacial score (nSPS) is 18.8. The molecule has 2 rings (SSSR count). The minimum absolute atomic E-state index is 0.233. The molecule has 1 aromatic carbocycles. The molecule has 0 aliphatic heterocycles. The number of aliphatic hydroxyl groups is 1. The van der Waals surface area contributed by atoms with Crippen molar-refractivity contribution < 1.29 is 14.6 Å². The average molecular weight is 306 g/mol. The molecular weight excluding hydrogens is 280 g/mol. The molecule has 1 amide bonds. The second-order valence-electron chi connectivity index (χ2n) is 6.04. The van der Waals surface area contributed by atoms with Crippen LogP contribution < -0.4 is 11.1 Å². The number of nitrogens with one attached hydrogen (secondary N) is 1. The quantitative estimate of drug-likeness (QED) is 0.677. The molecule has 1 atom stereocenters. The second-order valence-corrected chi connectivity index (χ2v) is 6.04. The number of aliphatic hydroxyl groups excluding tert-OH is 1. The number of carbonyl (C=O) groups is 1. The summed E-state index contributed by atoms with van der Waals surface area (Å²) in [5, 5.41) is 13.2. The van der Waals surface area contributed by atoms with Gasteiger partial charge in [-0.05, 0) is 18.4 Å². The van der Waals surface area contributed by atoms with Gasteiger partial charge >= 0.3 is 0 Å². The lowest BCUT2D eigenvalue weighted by Crippen LogP contribution is -2.58. The van der Waals surface area contributed by atoms with E-state index < -0.39 is 11.6 Å². The van der Waals surface area contributed by atoms with Crippen LogP contribution >= 0.6 is 0 Å². The minimum Gasteiger partial charge on any atom is -0.389 e. The molecule has 0 bridgehead atoms. The molecule has 122 valence electrons. The van der Waals surface area contributed by atoms with Crippen LogP contribution in [0.25, 0.3) is 0 Å². The third kappa shape index (κ3) is 4.80. The summed E-state index contributed by atoms with van der Waals surface area (Å²) < 4.78 is 5.51. The maximum Gasteiger partial charge on any atom is 0.237 e. The first-order valence-electron chi connectivity index (χ1n) is 7.97. The third-order valence-electron chi connectivity index (χ3n) is 4.28. The highest BCUT2D eigenvalue weighted by atomic mass is 16.5. The lowest BCUT2D eigenvalue weighted by atomic mass is 9.81. The smallest absolute Gasteiger partial charge is 0.237 e. The zero-order chi connectivity index (χ0) is 15.8. The Labute approximate surface area is 131 Å². The molecule has 1 aromatic rings. The second kappa shape index (κ2) is 8.27. The summed E-state index contributed by atoms with van der Waals surface area (Å²) in [4.78, 5) is 11.7. The van der Waals surface area contributed by atoms with E-state index in [1.54, 1.807) is 0 Å². The summed E-state index contributed by atoms with van der Waals surface area (Å²) in [6.07, 6.45) is 3.98. The van der Waals surface area contributed by atoms with E-state index >= 15 is 0 Å². The van der Waals surface area contributed by atoms with Crippen molar-refractivity contribution in [3.63, 3.8) is 0 Å². The van der Waals surface area contributed by atoms with Crippen LogP contribution in [-0.4, -0.2) is 35.8 Å². The van der Waals surface area contributed by atoms with Crippen LogP contribution in [0.1, 0.15) is 37.7 Å². The van der Waals surface area contributed by atoms with Crippen molar-refractivity contribution >= 4 is 5.91 Å². The molecule has 0 heterocycles. The van der Waals surface area contributed by atoms with Crippen LogP contribution in [0.5, 0.6) is 0 Å². The van der Waals surface area contributed by atoms with Crippen LogP contribution in [-0.2, 0) is 16.1 Å². The largest absolute Gasteiger partial charge is 0.389 e. The molecule has 0 aromatic heterocycles. The number of ether oxygens (including phenoxy) is 1. The highest BCUT2D eigenvalue weighted by molar-refractivity contribution is 5.84. The summed E-state index contributed by atoms with van der Waals surface area (Å²) >= 11 is 0. The molecule has 0 saturated heterocycles. The zero-order valence-corrected chi connectivity index (χ0v) is 13.0. The Morgan fingerprint density at radius 1 is 1.27 bits per heavy atom. The van der Waals surface area contributed by atoms with Gasteiger partial charge in [0.2, 0.25) is 5.91 Å². The third-order valence-corrected chi connectivity index (χ3v) is 4.28. The minimum atomic E-state index is -0.654. The van der Waals surface area contributed by atoms with Crippen molar-refractivity contribution in [2.45, 2.75) is 50.4 Å². The Bertz CT molecular complexity index is 458. The molecule has 1 aliphatic carbocycles. The summed E-state index contributed by atoms with van der Waals surface area (Å²) in [7, 11) is 0. The van der Waals surface area contributed by atoms with E-state index in [1.165, 1.54) is 0 Å². The molecule has 5 heteroatoms. The summed E-state index contributed by atoms with van der Waals surface area (Å²) in [5.41, 5.74) is 5.97. The van der Waals surface area contributed by atoms with Crippen LogP contribution in [0.3, 0.4) is 0 Å².